The number of thiophene rings is 1. The van der Waals surface area contributed by atoms with E-state index in [4.69, 9.17) is 5.73 Å². The smallest absolute Gasteiger partial charge is 0.154 e. The average molecular weight is 326 g/mol. The SMILES string of the molecule is Cc1sc(Br)cc1C(N)C(C)(C)S(C)(=O)=O. The molecule has 0 amide bonds. The first-order chi connectivity index (χ1) is 7.07. The molecule has 0 spiro atoms. The number of hydrogen-bond acceptors (Lipinski definition) is 4. The van der Waals surface area contributed by atoms with Crippen LogP contribution in [-0.2, 0) is 9.84 Å². The second kappa shape index (κ2) is 4.40. The molecule has 0 radical (unpaired) electrons. The Morgan fingerprint density at radius 2 is 2.00 bits per heavy atom. The predicted molar refractivity (Wildman–Crippen MR) is 72.6 cm³/mol. The highest BCUT2D eigenvalue weighted by atomic mass is 79.9. The van der Waals surface area contributed by atoms with Gasteiger partial charge >= 0.3 is 0 Å². The molecule has 0 fully saturated rings. The molecule has 0 bridgehead atoms. The minimum atomic E-state index is -3.19. The number of halogens is 1. The van der Waals surface area contributed by atoms with Gasteiger partial charge in [0.1, 0.15) is 0 Å². The van der Waals surface area contributed by atoms with Gasteiger partial charge in [0, 0.05) is 17.2 Å². The van der Waals surface area contributed by atoms with Gasteiger partial charge in [-0.2, -0.15) is 0 Å². The van der Waals surface area contributed by atoms with Gasteiger partial charge in [0.15, 0.2) is 9.84 Å². The molecule has 0 aliphatic heterocycles. The zero-order chi connectivity index (χ0) is 12.7. The van der Waals surface area contributed by atoms with Gasteiger partial charge in [-0.1, -0.05) is 0 Å². The van der Waals surface area contributed by atoms with Crippen LogP contribution in [0.5, 0.6) is 0 Å². The van der Waals surface area contributed by atoms with Crippen LogP contribution in [0.2, 0.25) is 0 Å². The topological polar surface area (TPSA) is 60.2 Å². The number of hydrogen-bond donors (Lipinski definition) is 1. The first-order valence-electron chi connectivity index (χ1n) is 4.78. The van der Waals surface area contributed by atoms with Crippen molar-refractivity contribution in [2.75, 3.05) is 6.26 Å². The first kappa shape index (κ1) is 14.2. The van der Waals surface area contributed by atoms with Gasteiger partial charge in [0.05, 0.1) is 8.53 Å². The first-order valence-corrected chi connectivity index (χ1v) is 8.28. The third-order valence-corrected chi connectivity index (χ3v) is 6.70. The van der Waals surface area contributed by atoms with Crippen molar-refractivity contribution in [3.8, 4) is 0 Å². The Hall–Kier alpha value is 0.0900. The van der Waals surface area contributed by atoms with Gasteiger partial charge in [0.2, 0.25) is 0 Å². The van der Waals surface area contributed by atoms with E-state index >= 15 is 0 Å². The summed E-state index contributed by atoms with van der Waals surface area (Å²) < 4.78 is 23.4. The molecule has 16 heavy (non-hydrogen) atoms. The standard InChI is InChI=1S/C10H16BrNO2S2/c1-6-7(5-8(11)15-6)9(12)10(2,3)16(4,13)14/h5,9H,12H2,1-4H3. The highest BCUT2D eigenvalue weighted by Crippen LogP contribution is 2.36. The minimum Gasteiger partial charge on any atom is -0.323 e. The number of rotatable bonds is 3. The quantitative estimate of drug-likeness (QED) is 0.929. The number of nitrogens with two attached hydrogens (primary N) is 1. The van der Waals surface area contributed by atoms with Crippen LogP contribution in [0.1, 0.15) is 30.3 Å². The second-order valence-electron chi connectivity index (χ2n) is 4.42. The third-order valence-electron chi connectivity index (χ3n) is 2.97. The summed E-state index contributed by atoms with van der Waals surface area (Å²) in [7, 11) is -3.19. The molecule has 1 aromatic rings. The molecule has 1 aromatic heterocycles. The van der Waals surface area contributed by atoms with E-state index in [-0.39, 0.29) is 0 Å². The van der Waals surface area contributed by atoms with Gasteiger partial charge < -0.3 is 5.73 Å². The van der Waals surface area contributed by atoms with Gasteiger partial charge in [0.25, 0.3) is 0 Å². The Bertz CT molecular complexity index is 491. The summed E-state index contributed by atoms with van der Waals surface area (Å²) in [6.07, 6.45) is 1.23. The van der Waals surface area contributed by atoms with Gasteiger partial charge in [-0.15, -0.1) is 11.3 Å². The van der Waals surface area contributed by atoms with E-state index < -0.39 is 20.6 Å². The van der Waals surface area contributed by atoms with Crippen molar-refractivity contribution in [1.29, 1.82) is 0 Å². The summed E-state index contributed by atoms with van der Waals surface area (Å²) in [5.41, 5.74) is 6.98. The summed E-state index contributed by atoms with van der Waals surface area (Å²) in [6, 6.07) is 1.39. The summed E-state index contributed by atoms with van der Waals surface area (Å²) in [5.74, 6) is 0. The van der Waals surface area contributed by atoms with Crippen molar-refractivity contribution in [2.24, 2.45) is 5.73 Å². The molecule has 0 aromatic carbocycles. The Labute approximate surface area is 109 Å². The number of sulfone groups is 1. The van der Waals surface area contributed by atoms with E-state index in [1.807, 2.05) is 13.0 Å². The molecule has 3 nitrogen and oxygen atoms in total. The molecule has 0 aliphatic carbocycles. The highest BCUT2D eigenvalue weighted by Gasteiger charge is 2.38. The average Bonchev–Trinajstić information content (AvgIpc) is 2.41. The molecule has 1 heterocycles. The van der Waals surface area contributed by atoms with E-state index in [0.29, 0.717) is 0 Å². The summed E-state index contributed by atoms with van der Waals surface area (Å²) >= 11 is 4.95. The van der Waals surface area contributed by atoms with E-state index in [1.165, 1.54) is 6.26 Å². The van der Waals surface area contributed by atoms with Gasteiger partial charge in [-0.3, -0.25) is 0 Å². The lowest BCUT2D eigenvalue weighted by Gasteiger charge is -2.29. The minimum absolute atomic E-state index is 0.509. The highest BCUT2D eigenvalue weighted by molar-refractivity contribution is 9.11. The van der Waals surface area contributed by atoms with Crippen LogP contribution in [-0.4, -0.2) is 19.4 Å². The Balaban J connectivity index is 3.22. The van der Waals surface area contributed by atoms with E-state index in [1.54, 1.807) is 25.2 Å². The lowest BCUT2D eigenvalue weighted by Crippen LogP contribution is -2.42. The zero-order valence-corrected chi connectivity index (χ0v) is 13.0. The van der Waals surface area contributed by atoms with E-state index in [2.05, 4.69) is 15.9 Å². The summed E-state index contributed by atoms with van der Waals surface area (Å²) in [6.45, 7) is 5.28. The molecule has 2 N–H and O–H groups in total. The van der Waals surface area contributed by atoms with Crippen LogP contribution in [0.4, 0.5) is 0 Å². The van der Waals surface area contributed by atoms with E-state index in [0.717, 1.165) is 14.2 Å². The van der Waals surface area contributed by atoms with Crippen molar-refractivity contribution in [1.82, 2.24) is 0 Å². The zero-order valence-electron chi connectivity index (χ0n) is 9.74. The van der Waals surface area contributed by atoms with Crippen LogP contribution in [0, 0.1) is 6.92 Å². The fraction of sp³-hybridized carbons (Fsp3) is 0.600. The molecule has 92 valence electrons. The molecule has 1 unspecified atom stereocenters. The lowest BCUT2D eigenvalue weighted by atomic mass is 9.97. The monoisotopic (exact) mass is 325 g/mol. The Kier molecular flexibility index (Phi) is 3.89. The third kappa shape index (κ3) is 2.50. The van der Waals surface area contributed by atoms with Gasteiger partial charge in [-0.05, 0) is 48.3 Å². The van der Waals surface area contributed by atoms with Crippen LogP contribution >= 0.6 is 27.3 Å². The fourth-order valence-corrected chi connectivity index (χ4v) is 3.72. The maximum absolute atomic E-state index is 11.7. The molecule has 0 saturated carbocycles. The van der Waals surface area contributed by atoms with Crippen LogP contribution in [0.25, 0.3) is 0 Å². The lowest BCUT2D eigenvalue weighted by molar-refractivity contribution is 0.496. The summed E-state index contributed by atoms with van der Waals surface area (Å²) in [5, 5.41) is 0. The van der Waals surface area contributed by atoms with Crippen molar-refractivity contribution < 1.29 is 8.42 Å². The normalized spacial score (nSPS) is 15.1. The number of aryl methyl sites for hydroxylation is 1. The maximum atomic E-state index is 11.7. The van der Waals surface area contributed by atoms with Crippen molar-refractivity contribution in [3.63, 3.8) is 0 Å². The van der Waals surface area contributed by atoms with Crippen molar-refractivity contribution >= 4 is 37.1 Å². The van der Waals surface area contributed by atoms with Crippen molar-refractivity contribution in [2.45, 2.75) is 31.6 Å². The fourth-order valence-electron chi connectivity index (χ4n) is 1.37. The molecule has 0 aliphatic rings. The molecule has 1 atom stereocenters. The maximum Gasteiger partial charge on any atom is 0.154 e. The molecule has 0 saturated heterocycles. The molecule has 1 rings (SSSR count). The van der Waals surface area contributed by atoms with Crippen LogP contribution in [0.3, 0.4) is 0 Å². The molecular weight excluding hydrogens is 310 g/mol. The largest absolute Gasteiger partial charge is 0.323 e. The summed E-state index contributed by atoms with van der Waals surface area (Å²) in [4.78, 5) is 1.05. The van der Waals surface area contributed by atoms with Crippen molar-refractivity contribution in [3.05, 3.63) is 20.3 Å². The van der Waals surface area contributed by atoms with Crippen LogP contribution in [0.15, 0.2) is 9.85 Å². The van der Waals surface area contributed by atoms with Gasteiger partial charge in [-0.25, -0.2) is 8.42 Å². The predicted octanol–water partition coefficient (Wildman–Crippen LogP) is 2.64. The van der Waals surface area contributed by atoms with Crippen LogP contribution < -0.4 is 5.73 Å². The second-order valence-corrected chi connectivity index (χ2v) is 9.65. The Morgan fingerprint density at radius 3 is 2.31 bits per heavy atom. The molecular formula is C10H16BrNO2S2. The Morgan fingerprint density at radius 1 is 1.50 bits per heavy atom. The molecule has 6 heteroatoms. The van der Waals surface area contributed by atoms with E-state index in [9.17, 15) is 8.42 Å².